The number of halogens is 2. The number of hydrogen-bond acceptors (Lipinski definition) is 3. The Bertz CT molecular complexity index is 564. The van der Waals surface area contributed by atoms with Gasteiger partial charge >= 0.3 is 0 Å². The molecule has 0 aromatic heterocycles. The molecular formula is C15H15Br2NOS. The predicted octanol–water partition coefficient (Wildman–Crippen LogP) is 5.55. The Morgan fingerprint density at radius 2 is 1.70 bits per heavy atom. The summed E-state index contributed by atoms with van der Waals surface area (Å²) in [6.07, 6.45) is 2.08. The van der Waals surface area contributed by atoms with Crippen LogP contribution in [0.2, 0.25) is 0 Å². The number of rotatable bonds is 5. The molecular weight excluding hydrogens is 402 g/mol. The molecule has 0 atom stereocenters. The lowest BCUT2D eigenvalue weighted by Crippen LogP contribution is -2.00. The Morgan fingerprint density at radius 3 is 2.20 bits per heavy atom. The smallest absolute Gasteiger partial charge is 0.147 e. The molecule has 0 aliphatic carbocycles. The minimum Gasteiger partial charge on any atom is -0.494 e. The first kappa shape index (κ1) is 15.7. The van der Waals surface area contributed by atoms with Crippen LogP contribution < -0.4 is 10.1 Å². The Kier molecular flexibility index (Phi) is 5.81. The summed E-state index contributed by atoms with van der Waals surface area (Å²) in [6, 6.07) is 12.6. The molecule has 5 heteroatoms. The van der Waals surface area contributed by atoms with E-state index in [4.69, 9.17) is 4.74 Å². The van der Waals surface area contributed by atoms with Gasteiger partial charge in [0.15, 0.2) is 0 Å². The van der Waals surface area contributed by atoms with Crippen molar-refractivity contribution >= 4 is 49.3 Å². The van der Waals surface area contributed by atoms with E-state index in [2.05, 4.69) is 79.8 Å². The molecule has 2 aromatic rings. The summed E-state index contributed by atoms with van der Waals surface area (Å²) in [7, 11) is 1.66. The van der Waals surface area contributed by atoms with E-state index < -0.39 is 0 Å². The van der Waals surface area contributed by atoms with Gasteiger partial charge in [-0.05, 0) is 80.1 Å². The Hall–Kier alpha value is -0.650. The van der Waals surface area contributed by atoms with Crippen molar-refractivity contribution in [3.8, 4) is 5.75 Å². The number of methoxy groups -OCH3 is 1. The van der Waals surface area contributed by atoms with Crippen LogP contribution in [0, 0.1) is 0 Å². The predicted molar refractivity (Wildman–Crippen MR) is 93.9 cm³/mol. The quantitative estimate of drug-likeness (QED) is 0.645. The van der Waals surface area contributed by atoms with E-state index in [9.17, 15) is 0 Å². The first-order chi connectivity index (χ1) is 9.63. The standard InChI is InChI=1S/C15H15Br2NOS/c1-19-15-13(16)7-10(8-14(15)17)9-18-11-3-5-12(20-2)6-4-11/h3-8,18H,9H2,1-2H3. The third-order valence-electron chi connectivity index (χ3n) is 2.85. The van der Waals surface area contributed by atoms with Gasteiger partial charge in [0.1, 0.15) is 5.75 Å². The minimum absolute atomic E-state index is 0.764. The average molecular weight is 417 g/mol. The average Bonchev–Trinajstić information content (AvgIpc) is 2.45. The van der Waals surface area contributed by atoms with E-state index in [1.54, 1.807) is 18.9 Å². The molecule has 0 spiro atoms. The molecule has 0 heterocycles. The van der Waals surface area contributed by atoms with Crippen molar-refractivity contribution in [1.82, 2.24) is 0 Å². The van der Waals surface area contributed by atoms with Crippen molar-refractivity contribution in [2.24, 2.45) is 0 Å². The fourth-order valence-electron chi connectivity index (χ4n) is 1.82. The summed E-state index contributed by atoms with van der Waals surface area (Å²) in [5, 5.41) is 3.41. The monoisotopic (exact) mass is 415 g/mol. The van der Waals surface area contributed by atoms with Gasteiger partial charge in [0.05, 0.1) is 16.1 Å². The highest BCUT2D eigenvalue weighted by Crippen LogP contribution is 2.34. The first-order valence-corrected chi connectivity index (χ1v) is 8.85. The molecule has 0 aliphatic rings. The van der Waals surface area contributed by atoms with Gasteiger partial charge in [-0.15, -0.1) is 11.8 Å². The Morgan fingerprint density at radius 1 is 1.10 bits per heavy atom. The largest absolute Gasteiger partial charge is 0.494 e. The third-order valence-corrected chi connectivity index (χ3v) is 4.77. The van der Waals surface area contributed by atoms with E-state index >= 15 is 0 Å². The lowest BCUT2D eigenvalue weighted by atomic mass is 10.2. The summed E-state index contributed by atoms with van der Waals surface area (Å²) < 4.78 is 7.20. The highest BCUT2D eigenvalue weighted by atomic mass is 79.9. The van der Waals surface area contributed by atoms with Crippen LogP contribution in [0.5, 0.6) is 5.75 Å². The van der Waals surface area contributed by atoms with Crippen LogP contribution in [-0.4, -0.2) is 13.4 Å². The molecule has 20 heavy (non-hydrogen) atoms. The molecule has 0 fully saturated rings. The van der Waals surface area contributed by atoms with Crippen LogP contribution in [0.15, 0.2) is 50.2 Å². The molecule has 0 unspecified atom stereocenters. The fraction of sp³-hybridized carbons (Fsp3) is 0.200. The molecule has 0 saturated carbocycles. The molecule has 106 valence electrons. The number of hydrogen-bond donors (Lipinski definition) is 1. The summed E-state index contributed by atoms with van der Waals surface area (Å²) in [5.41, 5.74) is 2.30. The van der Waals surface area contributed by atoms with Crippen LogP contribution in [0.1, 0.15) is 5.56 Å². The maximum absolute atomic E-state index is 5.30. The van der Waals surface area contributed by atoms with Gasteiger partial charge in [-0.25, -0.2) is 0 Å². The Balaban J connectivity index is 2.06. The molecule has 0 radical (unpaired) electrons. The maximum atomic E-state index is 5.30. The summed E-state index contributed by atoms with van der Waals surface area (Å²) >= 11 is 8.78. The van der Waals surface area contributed by atoms with E-state index in [1.165, 1.54) is 10.5 Å². The fourth-order valence-corrected chi connectivity index (χ4v) is 3.84. The lowest BCUT2D eigenvalue weighted by Gasteiger charge is -2.11. The number of benzene rings is 2. The molecule has 0 aliphatic heterocycles. The van der Waals surface area contributed by atoms with E-state index in [0.29, 0.717) is 0 Å². The topological polar surface area (TPSA) is 21.3 Å². The molecule has 0 saturated heterocycles. The van der Waals surface area contributed by atoms with Gasteiger partial charge in [0.25, 0.3) is 0 Å². The second-order valence-corrected chi connectivity index (χ2v) is 6.76. The zero-order chi connectivity index (χ0) is 14.5. The number of ether oxygens (including phenoxy) is 1. The summed E-state index contributed by atoms with van der Waals surface area (Å²) in [5.74, 6) is 0.818. The molecule has 0 bridgehead atoms. The minimum atomic E-state index is 0.764. The SMILES string of the molecule is COc1c(Br)cc(CNc2ccc(SC)cc2)cc1Br. The summed E-state index contributed by atoms with van der Waals surface area (Å²) in [6.45, 7) is 0.764. The summed E-state index contributed by atoms with van der Waals surface area (Å²) in [4.78, 5) is 1.27. The van der Waals surface area contributed by atoms with Crippen LogP contribution >= 0.6 is 43.6 Å². The van der Waals surface area contributed by atoms with E-state index in [1.807, 2.05) is 0 Å². The first-order valence-electron chi connectivity index (χ1n) is 6.04. The normalized spacial score (nSPS) is 10.4. The van der Waals surface area contributed by atoms with Crippen molar-refractivity contribution in [3.05, 3.63) is 50.9 Å². The maximum Gasteiger partial charge on any atom is 0.147 e. The number of thioether (sulfide) groups is 1. The van der Waals surface area contributed by atoms with Crippen molar-refractivity contribution in [2.45, 2.75) is 11.4 Å². The van der Waals surface area contributed by atoms with Gasteiger partial charge < -0.3 is 10.1 Å². The highest BCUT2D eigenvalue weighted by molar-refractivity contribution is 9.11. The zero-order valence-electron chi connectivity index (χ0n) is 11.2. The number of nitrogens with one attached hydrogen (secondary N) is 1. The van der Waals surface area contributed by atoms with E-state index in [-0.39, 0.29) is 0 Å². The zero-order valence-corrected chi connectivity index (χ0v) is 15.2. The van der Waals surface area contributed by atoms with Gasteiger partial charge in [0, 0.05) is 17.1 Å². The van der Waals surface area contributed by atoms with Crippen LogP contribution in [-0.2, 0) is 6.54 Å². The second-order valence-electron chi connectivity index (χ2n) is 4.17. The molecule has 0 amide bonds. The third kappa shape index (κ3) is 3.93. The number of anilines is 1. The van der Waals surface area contributed by atoms with Crippen molar-refractivity contribution in [2.75, 3.05) is 18.7 Å². The van der Waals surface area contributed by atoms with Gasteiger partial charge in [0.2, 0.25) is 0 Å². The molecule has 2 aromatic carbocycles. The van der Waals surface area contributed by atoms with Crippen LogP contribution in [0.4, 0.5) is 5.69 Å². The van der Waals surface area contributed by atoms with Crippen molar-refractivity contribution < 1.29 is 4.74 Å². The Labute approximate surface area is 140 Å². The lowest BCUT2D eigenvalue weighted by molar-refractivity contribution is 0.409. The van der Waals surface area contributed by atoms with Crippen molar-refractivity contribution in [1.29, 1.82) is 0 Å². The van der Waals surface area contributed by atoms with Gasteiger partial charge in [-0.1, -0.05) is 0 Å². The highest BCUT2D eigenvalue weighted by Gasteiger charge is 2.07. The molecule has 2 nitrogen and oxygen atoms in total. The van der Waals surface area contributed by atoms with Crippen LogP contribution in [0.3, 0.4) is 0 Å². The van der Waals surface area contributed by atoms with Crippen molar-refractivity contribution in [3.63, 3.8) is 0 Å². The molecule has 1 N–H and O–H groups in total. The van der Waals surface area contributed by atoms with Gasteiger partial charge in [-0.3, -0.25) is 0 Å². The molecule has 2 rings (SSSR count). The second kappa shape index (κ2) is 7.38. The van der Waals surface area contributed by atoms with E-state index in [0.717, 1.165) is 26.9 Å². The van der Waals surface area contributed by atoms with Gasteiger partial charge in [-0.2, -0.15) is 0 Å². The van der Waals surface area contributed by atoms with Crippen LogP contribution in [0.25, 0.3) is 0 Å².